The molecule has 1 aromatic carbocycles. The predicted molar refractivity (Wildman–Crippen MR) is 87.3 cm³/mol. The summed E-state index contributed by atoms with van der Waals surface area (Å²) in [7, 11) is 1.64. The Morgan fingerprint density at radius 3 is 2.64 bits per heavy atom. The average Bonchev–Trinajstić information content (AvgIpc) is 3.03. The van der Waals surface area contributed by atoms with E-state index in [1.54, 1.807) is 24.1 Å². The van der Waals surface area contributed by atoms with Crippen LogP contribution in [-0.2, 0) is 6.42 Å². The highest BCUT2D eigenvalue weighted by Gasteiger charge is 2.25. The molecule has 0 aliphatic carbocycles. The number of aryl methyl sites for hydroxylation is 1. The van der Waals surface area contributed by atoms with Gasteiger partial charge >= 0.3 is 0 Å². The minimum Gasteiger partial charge on any atom is -0.497 e. The van der Waals surface area contributed by atoms with Crippen molar-refractivity contribution in [3.05, 3.63) is 45.6 Å². The number of methoxy groups -OCH3 is 1. The summed E-state index contributed by atoms with van der Waals surface area (Å²) in [6, 6.07) is 9.26. The number of rotatable bonds is 3. The van der Waals surface area contributed by atoms with Gasteiger partial charge in [0, 0.05) is 12.2 Å². The van der Waals surface area contributed by atoms with E-state index in [0.29, 0.717) is 16.3 Å². The van der Waals surface area contributed by atoms with Gasteiger partial charge in [0.15, 0.2) is 5.78 Å². The number of anilines is 1. The SMILES string of the molecule is COc1ccc2c(c1)CCCN2C(=O)c1ccc(C(C)=O)s1. The van der Waals surface area contributed by atoms with Crippen LogP contribution in [0.25, 0.3) is 0 Å². The number of benzene rings is 1. The first-order valence-corrected chi connectivity index (χ1v) is 8.01. The van der Waals surface area contributed by atoms with E-state index in [9.17, 15) is 9.59 Å². The van der Waals surface area contributed by atoms with E-state index in [-0.39, 0.29) is 11.7 Å². The molecule has 0 atom stereocenters. The van der Waals surface area contributed by atoms with Crippen molar-refractivity contribution in [2.75, 3.05) is 18.6 Å². The van der Waals surface area contributed by atoms with E-state index in [1.165, 1.54) is 18.3 Å². The van der Waals surface area contributed by atoms with Crippen LogP contribution in [0.3, 0.4) is 0 Å². The fourth-order valence-corrected chi connectivity index (χ4v) is 3.54. The lowest BCUT2D eigenvalue weighted by molar-refractivity contribution is 0.0987. The molecule has 1 aliphatic heterocycles. The second-order valence-corrected chi connectivity index (χ2v) is 6.36. The van der Waals surface area contributed by atoms with Crippen molar-refractivity contribution in [1.82, 2.24) is 0 Å². The van der Waals surface area contributed by atoms with Gasteiger partial charge in [-0.2, -0.15) is 0 Å². The molecule has 4 nitrogen and oxygen atoms in total. The van der Waals surface area contributed by atoms with E-state index in [0.717, 1.165) is 29.8 Å². The smallest absolute Gasteiger partial charge is 0.268 e. The molecule has 0 saturated heterocycles. The van der Waals surface area contributed by atoms with Gasteiger partial charge < -0.3 is 9.64 Å². The van der Waals surface area contributed by atoms with Crippen molar-refractivity contribution in [1.29, 1.82) is 0 Å². The third-order valence-corrected chi connectivity index (χ3v) is 4.99. The number of thiophene rings is 1. The molecule has 1 aliphatic rings. The summed E-state index contributed by atoms with van der Waals surface area (Å²) in [5.74, 6) is 0.763. The normalized spacial score (nSPS) is 13.6. The molecule has 1 amide bonds. The highest BCUT2D eigenvalue weighted by molar-refractivity contribution is 7.16. The van der Waals surface area contributed by atoms with Crippen LogP contribution in [0.2, 0.25) is 0 Å². The number of fused-ring (bicyclic) bond motifs is 1. The number of hydrogen-bond acceptors (Lipinski definition) is 4. The van der Waals surface area contributed by atoms with Crippen LogP contribution < -0.4 is 9.64 Å². The largest absolute Gasteiger partial charge is 0.497 e. The molecule has 0 radical (unpaired) electrons. The molecule has 2 heterocycles. The van der Waals surface area contributed by atoms with Crippen LogP contribution >= 0.6 is 11.3 Å². The zero-order valence-electron chi connectivity index (χ0n) is 12.6. The van der Waals surface area contributed by atoms with Crippen LogP contribution in [0.5, 0.6) is 5.75 Å². The molecule has 0 fully saturated rings. The molecule has 114 valence electrons. The molecule has 0 saturated carbocycles. The fourth-order valence-electron chi connectivity index (χ4n) is 2.69. The molecule has 0 spiro atoms. The summed E-state index contributed by atoms with van der Waals surface area (Å²) in [5.41, 5.74) is 2.07. The number of ketones is 1. The molecule has 22 heavy (non-hydrogen) atoms. The summed E-state index contributed by atoms with van der Waals surface area (Å²) >= 11 is 1.26. The number of carbonyl (C=O) groups is 2. The lowest BCUT2D eigenvalue weighted by Gasteiger charge is -2.29. The maximum atomic E-state index is 12.7. The Hall–Kier alpha value is -2.14. The monoisotopic (exact) mass is 315 g/mol. The maximum Gasteiger partial charge on any atom is 0.268 e. The van der Waals surface area contributed by atoms with Crippen molar-refractivity contribution in [2.24, 2.45) is 0 Å². The number of nitrogens with zero attached hydrogens (tertiary/aromatic N) is 1. The van der Waals surface area contributed by atoms with Crippen LogP contribution in [-0.4, -0.2) is 25.3 Å². The molecule has 3 rings (SSSR count). The van der Waals surface area contributed by atoms with E-state index in [1.807, 2.05) is 18.2 Å². The average molecular weight is 315 g/mol. The Labute approximate surface area is 133 Å². The van der Waals surface area contributed by atoms with Crippen LogP contribution in [0, 0.1) is 0 Å². The topological polar surface area (TPSA) is 46.6 Å². The maximum absolute atomic E-state index is 12.7. The van der Waals surface area contributed by atoms with E-state index >= 15 is 0 Å². The second kappa shape index (κ2) is 5.93. The Kier molecular flexibility index (Phi) is 3.98. The molecule has 2 aromatic rings. The van der Waals surface area contributed by atoms with Crippen molar-refractivity contribution in [3.63, 3.8) is 0 Å². The molecular weight excluding hydrogens is 298 g/mol. The van der Waals surface area contributed by atoms with Gasteiger partial charge in [-0.15, -0.1) is 11.3 Å². The quantitative estimate of drug-likeness (QED) is 0.814. The summed E-state index contributed by atoms with van der Waals surface area (Å²) in [4.78, 5) is 27.2. The molecular formula is C17H17NO3S. The van der Waals surface area contributed by atoms with Gasteiger partial charge in [-0.1, -0.05) is 0 Å². The minimum atomic E-state index is -0.0383. The predicted octanol–water partition coefficient (Wildman–Crippen LogP) is 3.55. The molecule has 5 heteroatoms. The Morgan fingerprint density at radius 1 is 1.18 bits per heavy atom. The number of ether oxygens (including phenoxy) is 1. The van der Waals surface area contributed by atoms with E-state index < -0.39 is 0 Å². The Morgan fingerprint density at radius 2 is 1.95 bits per heavy atom. The highest BCUT2D eigenvalue weighted by Crippen LogP contribution is 2.32. The highest BCUT2D eigenvalue weighted by atomic mass is 32.1. The third kappa shape index (κ3) is 2.64. The minimum absolute atomic E-state index is 0.00664. The van der Waals surface area contributed by atoms with Crippen molar-refractivity contribution in [3.8, 4) is 5.75 Å². The summed E-state index contributed by atoms with van der Waals surface area (Å²) in [6.45, 7) is 2.22. The number of hydrogen-bond donors (Lipinski definition) is 0. The van der Waals surface area contributed by atoms with Gasteiger partial charge in [-0.3, -0.25) is 9.59 Å². The van der Waals surface area contributed by atoms with Gasteiger partial charge in [0.25, 0.3) is 5.91 Å². The first-order valence-electron chi connectivity index (χ1n) is 7.19. The number of carbonyl (C=O) groups excluding carboxylic acids is 2. The summed E-state index contributed by atoms with van der Waals surface area (Å²) < 4.78 is 5.25. The van der Waals surface area contributed by atoms with E-state index in [4.69, 9.17) is 4.74 Å². The summed E-state index contributed by atoms with van der Waals surface area (Å²) in [6.07, 6.45) is 1.87. The fraction of sp³-hybridized carbons (Fsp3) is 0.294. The van der Waals surface area contributed by atoms with Gasteiger partial charge in [0.2, 0.25) is 0 Å². The van der Waals surface area contributed by atoms with Crippen molar-refractivity contribution >= 4 is 28.7 Å². The van der Waals surface area contributed by atoms with Crippen LogP contribution in [0.1, 0.15) is 38.3 Å². The van der Waals surface area contributed by atoms with E-state index in [2.05, 4.69) is 0 Å². The summed E-state index contributed by atoms with van der Waals surface area (Å²) in [5, 5.41) is 0. The number of Topliss-reactive ketones (excluding diaryl/α,β-unsaturated/α-hetero) is 1. The lowest BCUT2D eigenvalue weighted by Crippen LogP contribution is -2.35. The standard InChI is InChI=1S/C17H17NO3S/c1-11(19)15-7-8-16(22-15)17(20)18-9-3-4-12-10-13(21-2)5-6-14(12)18/h5-8,10H,3-4,9H2,1-2H3. The lowest BCUT2D eigenvalue weighted by atomic mass is 10.0. The Balaban J connectivity index is 1.92. The van der Waals surface area contributed by atoms with Crippen molar-refractivity contribution < 1.29 is 14.3 Å². The molecule has 0 bridgehead atoms. The van der Waals surface area contributed by atoms with Crippen LogP contribution in [0.4, 0.5) is 5.69 Å². The first kappa shape index (κ1) is 14.8. The number of amides is 1. The molecule has 0 N–H and O–H groups in total. The van der Waals surface area contributed by atoms with Crippen LogP contribution in [0.15, 0.2) is 30.3 Å². The Bertz CT molecular complexity index is 735. The van der Waals surface area contributed by atoms with Gasteiger partial charge in [-0.25, -0.2) is 0 Å². The second-order valence-electron chi connectivity index (χ2n) is 5.28. The van der Waals surface area contributed by atoms with Gasteiger partial charge in [0.1, 0.15) is 5.75 Å². The zero-order chi connectivity index (χ0) is 15.7. The third-order valence-electron chi connectivity index (χ3n) is 3.81. The van der Waals surface area contributed by atoms with Gasteiger partial charge in [-0.05, 0) is 55.7 Å². The van der Waals surface area contributed by atoms with Gasteiger partial charge in [0.05, 0.1) is 16.9 Å². The molecule has 0 unspecified atom stereocenters. The molecule has 1 aromatic heterocycles. The van der Waals surface area contributed by atoms with Crippen molar-refractivity contribution in [2.45, 2.75) is 19.8 Å². The first-order chi connectivity index (χ1) is 10.6. The zero-order valence-corrected chi connectivity index (χ0v) is 13.4.